The lowest BCUT2D eigenvalue weighted by atomic mass is 9.99. The van der Waals surface area contributed by atoms with Gasteiger partial charge in [-0.05, 0) is 61.6 Å². The van der Waals surface area contributed by atoms with E-state index in [2.05, 4.69) is 5.32 Å². The molecule has 0 aliphatic heterocycles. The van der Waals surface area contributed by atoms with E-state index in [1.54, 1.807) is 6.07 Å². The minimum atomic E-state index is -0.171. The van der Waals surface area contributed by atoms with Crippen molar-refractivity contribution in [1.29, 1.82) is 0 Å². The molecule has 2 aromatic carbocycles. The molecule has 0 unspecified atom stereocenters. The van der Waals surface area contributed by atoms with Gasteiger partial charge in [0.1, 0.15) is 5.82 Å². The Morgan fingerprint density at radius 1 is 1.14 bits per heavy atom. The molecule has 0 spiro atoms. The van der Waals surface area contributed by atoms with Crippen molar-refractivity contribution in [3.8, 4) is 11.1 Å². The summed E-state index contributed by atoms with van der Waals surface area (Å²) in [6.45, 7) is 4.66. The number of benzene rings is 2. The Kier molecular flexibility index (Phi) is 4.01. The van der Waals surface area contributed by atoms with Gasteiger partial charge in [0.05, 0.1) is 0 Å². The lowest BCUT2D eigenvalue weighted by Crippen LogP contribution is -2.16. The zero-order chi connectivity index (χ0) is 15.0. The molecule has 3 rings (SSSR count). The highest BCUT2D eigenvalue weighted by Crippen LogP contribution is 2.31. The maximum absolute atomic E-state index is 14.2. The Balaban J connectivity index is 1.88. The van der Waals surface area contributed by atoms with Gasteiger partial charge in [0.25, 0.3) is 0 Å². The summed E-state index contributed by atoms with van der Waals surface area (Å²) in [4.78, 5) is 0. The van der Waals surface area contributed by atoms with E-state index < -0.39 is 0 Å². The predicted octanol–water partition coefficient (Wildman–Crippen LogP) is 5.01. The van der Waals surface area contributed by atoms with Crippen LogP contribution in [-0.2, 0) is 6.54 Å². The molecule has 0 aromatic heterocycles. The molecule has 21 heavy (non-hydrogen) atoms. The van der Waals surface area contributed by atoms with E-state index in [-0.39, 0.29) is 5.82 Å². The molecule has 1 aliphatic rings. The van der Waals surface area contributed by atoms with Crippen LogP contribution in [0.1, 0.15) is 29.5 Å². The van der Waals surface area contributed by atoms with E-state index in [9.17, 15) is 4.39 Å². The normalized spacial score (nSPS) is 14.5. The number of aryl methyl sites for hydroxylation is 2. The van der Waals surface area contributed by atoms with E-state index in [0.29, 0.717) is 23.2 Å². The zero-order valence-corrected chi connectivity index (χ0v) is 13.1. The second-order valence-corrected chi connectivity index (χ2v) is 6.28. The van der Waals surface area contributed by atoms with Crippen LogP contribution in [-0.4, -0.2) is 6.04 Å². The van der Waals surface area contributed by atoms with E-state index in [4.69, 9.17) is 11.6 Å². The van der Waals surface area contributed by atoms with Crippen molar-refractivity contribution in [2.45, 2.75) is 39.3 Å². The fourth-order valence-corrected chi connectivity index (χ4v) is 2.73. The third-order valence-electron chi connectivity index (χ3n) is 4.11. The molecule has 0 amide bonds. The average molecular weight is 304 g/mol. The molecule has 110 valence electrons. The molecule has 3 heteroatoms. The summed E-state index contributed by atoms with van der Waals surface area (Å²) in [5, 5.41) is 4.00. The van der Waals surface area contributed by atoms with Gasteiger partial charge in [0.2, 0.25) is 0 Å². The molecule has 0 saturated heterocycles. The van der Waals surface area contributed by atoms with Crippen molar-refractivity contribution < 1.29 is 4.39 Å². The van der Waals surface area contributed by atoms with Crippen LogP contribution in [0.25, 0.3) is 11.1 Å². The van der Waals surface area contributed by atoms with Crippen LogP contribution in [0.2, 0.25) is 5.02 Å². The van der Waals surface area contributed by atoms with Crippen LogP contribution in [0.4, 0.5) is 4.39 Å². The first-order valence-corrected chi connectivity index (χ1v) is 7.71. The van der Waals surface area contributed by atoms with Crippen molar-refractivity contribution in [2.75, 3.05) is 0 Å². The highest BCUT2D eigenvalue weighted by Gasteiger charge is 2.20. The second-order valence-electron chi connectivity index (χ2n) is 5.88. The fraction of sp³-hybridized carbons (Fsp3) is 0.333. The number of nitrogens with one attached hydrogen (secondary N) is 1. The van der Waals surface area contributed by atoms with Gasteiger partial charge < -0.3 is 5.32 Å². The van der Waals surface area contributed by atoms with Crippen molar-refractivity contribution in [3.63, 3.8) is 0 Å². The van der Waals surface area contributed by atoms with Gasteiger partial charge >= 0.3 is 0 Å². The predicted molar refractivity (Wildman–Crippen MR) is 86.2 cm³/mol. The molecule has 1 saturated carbocycles. The topological polar surface area (TPSA) is 12.0 Å². The Morgan fingerprint density at radius 3 is 2.52 bits per heavy atom. The summed E-state index contributed by atoms with van der Waals surface area (Å²) in [6.07, 6.45) is 2.41. The number of hydrogen-bond acceptors (Lipinski definition) is 1. The summed E-state index contributed by atoms with van der Waals surface area (Å²) in [5.74, 6) is -0.171. The molecule has 0 heterocycles. The SMILES string of the molecule is Cc1cc(Cl)c(-c2ccc(CNC3CC3)c(F)c2)cc1C. The molecular weight excluding hydrogens is 285 g/mol. The van der Waals surface area contributed by atoms with E-state index in [1.165, 1.54) is 12.8 Å². The standard InChI is InChI=1S/C18H19ClFN/c1-11-7-16(17(19)8-12(11)2)13-3-4-14(18(20)9-13)10-21-15-5-6-15/h3-4,7-9,15,21H,5-6,10H2,1-2H3. The Morgan fingerprint density at radius 2 is 1.86 bits per heavy atom. The third kappa shape index (κ3) is 3.28. The summed E-state index contributed by atoms with van der Waals surface area (Å²) >= 11 is 6.30. The van der Waals surface area contributed by atoms with Gasteiger partial charge in [-0.3, -0.25) is 0 Å². The number of rotatable bonds is 4. The van der Waals surface area contributed by atoms with Crippen LogP contribution in [0.3, 0.4) is 0 Å². The molecule has 0 atom stereocenters. The molecule has 1 fully saturated rings. The van der Waals surface area contributed by atoms with Crippen LogP contribution in [0.5, 0.6) is 0 Å². The van der Waals surface area contributed by atoms with E-state index >= 15 is 0 Å². The Hall–Kier alpha value is -1.38. The average Bonchev–Trinajstić information content (AvgIpc) is 3.25. The number of hydrogen-bond donors (Lipinski definition) is 1. The van der Waals surface area contributed by atoms with Gasteiger partial charge in [0.15, 0.2) is 0 Å². The first kappa shape index (κ1) is 14.6. The molecule has 1 N–H and O–H groups in total. The third-order valence-corrected chi connectivity index (χ3v) is 4.42. The van der Waals surface area contributed by atoms with Gasteiger partial charge in [-0.15, -0.1) is 0 Å². The van der Waals surface area contributed by atoms with Gasteiger partial charge in [-0.1, -0.05) is 23.7 Å². The van der Waals surface area contributed by atoms with Crippen LogP contribution in [0, 0.1) is 19.7 Å². The minimum Gasteiger partial charge on any atom is -0.310 e. The van der Waals surface area contributed by atoms with Gasteiger partial charge in [0, 0.05) is 28.7 Å². The molecule has 0 bridgehead atoms. The van der Waals surface area contributed by atoms with Crippen LogP contribution >= 0.6 is 11.6 Å². The minimum absolute atomic E-state index is 0.171. The van der Waals surface area contributed by atoms with E-state index in [0.717, 1.165) is 22.3 Å². The van der Waals surface area contributed by atoms with Crippen LogP contribution < -0.4 is 5.32 Å². The first-order valence-electron chi connectivity index (χ1n) is 7.33. The van der Waals surface area contributed by atoms with Crippen molar-refractivity contribution in [3.05, 3.63) is 57.9 Å². The monoisotopic (exact) mass is 303 g/mol. The van der Waals surface area contributed by atoms with Gasteiger partial charge in [-0.2, -0.15) is 0 Å². The molecule has 2 aromatic rings. The highest BCUT2D eigenvalue weighted by molar-refractivity contribution is 6.33. The summed E-state index contributed by atoms with van der Waals surface area (Å²) in [5.41, 5.74) is 4.74. The maximum Gasteiger partial charge on any atom is 0.128 e. The van der Waals surface area contributed by atoms with Crippen molar-refractivity contribution in [1.82, 2.24) is 5.32 Å². The Bertz CT molecular complexity index is 677. The molecular formula is C18H19ClFN. The van der Waals surface area contributed by atoms with Gasteiger partial charge in [-0.25, -0.2) is 4.39 Å². The first-order chi connectivity index (χ1) is 10.0. The van der Waals surface area contributed by atoms with Crippen LogP contribution in [0.15, 0.2) is 30.3 Å². The molecule has 0 radical (unpaired) electrons. The lowest BCUT2D eigenvalue weighted by Gasteiger charge is -2.11. The van der Waals surface area contributed by atoms with Crippen molar-refractivity contribution in [2.24, 2.45) is 0 Å². The summed E-state index contributed by atoms with van der Waals surface area (Å²) < 4.78 is 14.2. The fourth-order valence-electron chi connectivity index (χ4n) is 2.40. The largest absolute Gasteiger partial charge is 0.310 e. The smallest absolute Gasteiger partial charge is 0.128 e. The maximum atomic E-state index is 14.2. The lowest BCUT2D eigenvalue weighted by molar-refractivity contribution is 0.587. The van der Waals surface area contributed by atoms with Crippen molar-refractivity contribution >= 4 is 11.6 Å². The number of halogens is 2. The Labute approximate surface area is 130 Å². The highest BCUT2D eigenvalue weighted by atomic mass is 35.5. The molecule has 1 aliphatic carbocycles. The summed E-state index contributed by atoms with van der Waals surface area (Å²) in [6, 6.07) is 9.92. The molecule has 1 nitrogen and oxygen atoms in total. The van der Waals surface area contributed by atoms with E-state index in [1.807, 2.05) is 38.1 Å². The zero-order valence-electron chi connectivity index (χ0n) is 12.3. The summed E-state index contributed by atoms with van der Waals surface area (Å²) in [7, 11) is 0. The second kappa shape index (κ2) is 5.78. The quantitative estimate of drug-likeness (QED) is 0.836.